The number of H-pyrrole nitrogens is 1. The number of carbonyl (C=O) groups is 1. The van der Waals surface area contributed by atoms with Gasteiger partial charge in [-0.05, 0) is 60.2 Å². The third-order valence-electron chi connectivity index (χ3n) is 5.90. The third-order valence-corrected chi connectivity index (χ3v) is 5.90. The summed E-state index contributed by atoms with van der Waals surface area (Å²) >= 11 is 0. The van der Waals surface area contributed by atoms with Gasteiger partial charge in [-0.25, -0.2) is 13.2 Å². The van der Waals surface area contributed by atoms with Gasteiger partial charge in [-0.3, -0.25) is 4.79 Å². The Morgan fingerprint density at radius 2 is 1.76 bits per heavy atom. The van der Waals surface area contributed by atoms with Crippen molar-refractivity contribution in [2.45, 2.75) is 24.8 Å². The highest BCUT2D eigenvalue weighted by Crippen LogP contribution is 2.45. The van der Waals surface area contributed by atoms with Gasteiger partial charge < -0.3 is 15.0 Å². The van der Waals surface area contributed by atoms with E-state index in [1.54, 1.807) is 12.1 Å². The van der Waals surface area contributed by atoms with Gasteiger partial charge >= 0.3 is 0 Å². The van der Waals surface area contributed by atoms with Crippen molar-refractivity contribution >= 4 is 16.8 Å². The van der Waals surface area contributed by atoms with Crippen LogP contribution >= 0.6 is 0 Å². The largest absolute Gasteiger partial charge is 0.380 e. The number of hydrogen-bond acceptors (Lipinski definition) is 2. The Bertz CT molecular complexity index is 1080. The molecule has 0 radical (unpaired) electrons. The van der Waals surface area contributed by atoms with Crippen LogP contribution in [0.3, 0.4) is 0 Å². The quantitative estimate of drug-likeness (QED) is 0.688. The molecule has 7 heteroatoms. The Kier molecular flexibility index (Phi) is 4.35. The standard InChI is InChI=1S/C22H19F3N2O2/c23-14-3-1-11(2-4-14)20-19(17-7-15(24)8-18(25)21(17)27-20)12-5-16(6-12)26-22(28)13-9-29-10-13/h1-4,7-8,12-13,16,27H,5-6,9-10H2,(H,26,28)/t12-,16+. The van der Waals surface area contributed by atoms with Crippen molar-refractivity contribution in [1.82, 2.24) is 10.3 Å². The fraction of sp³-hybridized carbons (Fsp3) is 0.318. The zero-order chi connectivity index (χ0) is 20.1. The molecular weight excluding hydrogens is 381 g/mol. The second-order valence-corrected chi connectivity index (χ2v) is 7.84. The van der Waals surface area contributed by atoms with Crippen LogP contribution in [0.15, 0.2) is 36.4 Å². The van der Waals surface area contributed by atoms with Crippen molar-refractivity contribution in [3.8, 4) is 11.3 Å². The number of benzene rings is 2. The minimum atomic E-state index is -0.663. The summed E-state index contributed by atoms with van der Waals surface area (Å²) in [6.07, 6.45) is 1.36. The van der Waals surface area contributed by atoms with E-state index in [0.717, 1.165) is 11.6 Å². The molecule has 1 aliphatic heterocycles. The summed E-state index contributed by atoms with van der Waals surface area (Å²) in [6, 6.07) is 8.12. The molecule has 2 heterocycles. The summed E-state index contributed by atoms with van der Waals surface area (Å²) in [5.41, 5.74) is 2.41. The van der Waals surface area contributed by atoms with Gasteiger partial charge in [0.25, 0.3) is 0 Å². The second-order valence-electron chi connectivity index (χ2n) is 7.84. The predicted molar refractivity (Wildman–Crippen MR) is 102 cm³/mol. The molecule has 150 valence electrons. The normalized spacial score (nSPS) is 21.6. The molecule has 1 amide bonds. The average Bonchev–Trinajstić information content (AvgIpc) is 2.96. The Balaban J connectivity index is 1.48. The Hall–Kier alpha value is -2.80. The first-order chi connectivity index (χ1) is 14.0. The minimum absolute atomic E-state index is 0.00512. The first-order valence-electron chi connectivity index (χ1n) is 9.64. The minimum Gasteiger partial charge on any atom is -0.380 e. The summed E-state index contributed by atoms with van der Waals surface area (Å²) in [5.74, 6) is -1.73. The summed E-state index contributed by atoms with van der Waals surface area (Å²) in [6.45, 7) is 0.912. The SMILES string of the molecule is O=C(N[C@H]1C[C@@H](c2c(-c3ccc(F)cc3)[nH]c3c(F)cc(F)cc32)C1)C1COC1. The van der Waals surface area contributed by atoms with Gasteiger partial charge in [0.1, 0.15) is 17.5 Å². The molecule has 1 saturated carbocycles. The van der Waals surface area contributed by atoms with Gasteiger partial charge in [-0.1, -0.05) is 0 Å². The summed E-state index contributed by atoms with van der Waals surface area (Å²) in [5, 5.41) is 3.51. The zero-order valence-corrected chi connectivity index (χ0v) is 15.5. The molecule has 2 aliphatic rings. The van der Waals surface area contributed by atoms with E-state index in [1.165, 1.54) is 18.2 Å². The molecule has 0 spiro atoms. The molecular formula is C22H19F3N2O2. The van der Waals surface area contributed by atoms with E-state index in [0.29, 0.717) is 42.7 Å². The van der Waals surface area contributed by atoms with E-state index in [4.69, 9.17) is 4.74 Å². The molecule has 0 atom stereocenters. The number of aromatic nitrogens is 1. The van der Waals surface area contributed by atoms with Crippen molar-refractivity contribution in [3.63, 3.8) is 0 Å². The van der Waals surface area contributed by atoms with E-state index in [9.17, 15) is 18.0 Å². The summed E-state index contributed by atoms with van der Waals surface area (Å²) in [7, 11) is 0. The highest BCUT2D eigenvalue weighted by atomic mass is 19.1. The number of aromatic amines is 1. The number of rotatable bonds is 4. The fourth-order valence-corrected chi connectivity index (χ4v) is 4.19. The van der Waals surface area contributed by atoms with Gasteiger partial charge in [0.2, 0.25) is 5.91 Å². The Morgan fingerprint density at radius 3 is 2.41 bits per heavy atom. The molecule has 2 aromatic carbocycles. The number of ether oxygens (including phenoxy) is 1. The summed E-state index contributed by atoms with van der Waals surface area (Å²) in [4.78, 5) is 15.2. The molecule has 3 aromatic rings. The van der Waals surface area contributed by atoms with E-state index < -0.39 is 11.6 Å². The first-order valence-corrected chi connectivity index (χ1v) is 9.64. The number of nitrogens with one attached hydrogen (secondary N) is 2. The maximum atomic E-state index is 14.4. The lowest BCUT2D eigenvalue weighted by atomic mass is 9.74. The predicted octanol–water partition coefficient (Wildman–Crippen LogP) is 4.26. The lowest BCUT2D eigenvalue weighted by Crippen LogP contribution is -2.50. The molecule has 2 N–H and O–H groups in total. The van der Waals surface area contributed by atoms with Crippen molar-refractivity contribution in [1.29, 1.82) is 0 Å². The first kappa shape index (κ1) is 18.2. The van der Waals surface area contributed by atoms with E-state index in [2.05, 4.69) is 10.3 Å². The number of hydrogen-bond donors (Lipinski definition) is 2. The monoisotopic (exact) mass is 400 g/mol. The molecule has 4 nitrogen and oxygen atoms in total. The lowest BCUT2D eigenvalue weighted by Gasteiger charge is -2.38. The highest BCUT2D eigenvalue weighted by molar-refractivity contribution is 5.92. The number of fused-ring (bicyclic) bond motifs is 1. The molecule has 1 aliphatic carbocycles. The van der Waals surface area contributed by atoms with Crippen LogP contribution < -0.4 is 5.32 Å². The van der Waals surface area contributed by atoms with Crippen molar-refractivity contribution in [3.05, 3.63) is 59.4 Å². The Morgan fingerprint density at radius 1 is 1.03 bits per heavy atom. The molecule has 2 fully saturated rings. The van der Waals surface area contributed by atoms with Gasteiger partial charge in [-0.2, -0.15) is 0 Å². The number of amides is 1. The van der Waals surface area contributed by atoms with Crippen LogP contribution in [0.4, 0.5) is 13.2 Å². The fourth-order valence-electron chi connectivity index (χ4n) is 4.19. The average molecular weight is 400 g/mol. The maximum Gasteiger partial charge on any atom is 0.228 e. The van der Waals surface area contributed by atoms with Crippen molar-refractivity contribution < 1.29 is 22.7 Å². The Labute approximate surface area is 165 Å². The van der Waals surface area contributed by atoms with E-state index >= 15 is 0 Å². The van der Waals surface area contributed by atoms with Crippen LogP contribution in [0.2, 0.25) is 0 Å². The maximum absolute atomic E-state index is 14.4. The van der Waals surface area contributed by atoms with Gasteiger partial charge in [0, 0.05) is 17.5 Å². The van der Waals surface area contributed by atoms with Gasteiger partial charge in [0.15, 0.2) is 0 Å². The second kappa shape index (κ2) is 6.91. The smallest absolute Gasteiger partial charge is 0.228 e. The van der Waals surface area contributed by atoms with Crippen LogP contribution in [0.1, 0.15) is 24.3 Å². The zero-order valence-electron chi connectivity index (χ0n) is 15.5. The van der Waals surface area contributed by atoms with Gasteiger partial charge in [0.05, 0.1) is 30.3 Å². The lowest BCUT2D eigenvalue weighted by molar-refractivity contribution is -0.140. The van der Waals surface area contributed by atoms with Crippen LogP contribution in [-0.2, 0) is 9.53 Å². The van der Waals surface area contributed by atoms with Crippen LogP contribution in [-0.4, -0.2) is 30.1 Å². The van der Waals surface area contributed by atoms with E-state index in [1.807, 2.05) is 0 Å². The summed E-state index contributed by atoms with van der Waals surface area (Å²) < 4.78 is 46.7. The topological polar surface area (TPSA) is 54.1 Å². The van der Waals surface area contributed by atoms with Gasteiger partial charge in [-0.15, -0.1) is 0 Å². The molecule has 1 saturated heterocycles. The van der Waals surface area contributed by atoms with Crippen molar-refractivity contribution in [2.24, 2.45) is 5.92 Å². The molecule has 29 heavy (non-hydrogen) atoms. The van der Waals surface area contributed by atoms with Crippen LogP contribution in [0, 0.1) is 23.4 Å². The van der Waals surface area contributed by atoms with E-state index in [-0.39, 0.29) is 35.1 Å². The number of halogens is 3. The molecule has 1 aromatic heterocycles. The van der Waals surface area contributed by atoms with Crippen molar-refractivity contribution in [2.75, 3.05) is 13.2 Å². The highest BCUT2D eigenvalue weighted by Gasteiger charge is 2.37. The van der Waals surface area contributed by atoms with Crippen LogP contribution in [0.5, 0.6) is 0 Å². The molecule has 0 bridgehead atoms. The van der Waals surface area contributed by atoms with Crippen LogP contribution in [0.25, 0.3) is 22.2 Å². The molecule has 0 unspecified atom stereocenters. The number of carbonyl (C=O) groups excluding carboxylic acids is 1. The molecule has 5 rings (SSSR count). The third kappa shape index (κ3) is 3.19.